The largest absolute Gasteiger partial charge is 0.505 e. The molecular weight excluding hydrogens is 185 g/mol. The van der Waals surface area contributed by atoms with Crippen LogP contribution in [0.3, 0.4) is 0 Å². The zero-order valence-corrected chi connectivity index (χ0v) is 6.75. The number of aromatic nitrogens is 2. The Morgan fingerprint density at radius 3 is 2.62 bits per heavy atom. The number of hydrogen-bond acceptors (Lipinski definition) is 2. The van der Waals surface area contributed by atoms with Gasteiger partial charge in [-0.3, -0.25) is 4.68 Å². The number of aromatic hydroxyl groups is 1. The summed E-state index contributed by atoms with van der Waals surface area (Å²) in [5.74, 6) is -0.0352. The third-order valence-electron chi connectivity index (χ3n) is 1.47. The maximum Gasteiger partial charge on any atom is 0.389 e. The van der Waals surface area contributed by atoms with Gasteiger partial charge in [-0.2, -0.15) is 18.3 Å². The molecule has 0 amide bonds. The molecule has 0 bridgehead atoms. The highest BCUT2D eigenvalue weighted by molar-refractivity contribution is 5.08. The van der Waals surface area contributed by atoms with Crippen molar-refractivity contribution in [3.63, 3.8) is 0 Å². The fourth-order valence-electron chi connectivity index (χ4n) is 0.916. The van der Waals surface area contributed by atoms with Gasteiger partial charge in [0.1, 0.15) is 0 Å². The average Bonchev–Trinajstić information content (AvgIpc) is 2.33. The predicted molar refractivity (Wildman–Crippen MR) is 39.2 cm³/mol. The van der Waals surface area contributed by atoms with Crippen LogP contribution in [0.25, 0.3) is 0 Å². The summed E-state index contributed by atoms with van der Waals surface area (Å²) in [5.41, 5.74) is 0. The summed E-state index contributed by atoms with van der Waals surface area (Å²) in [4.78, 5) is 0. The number of aryl methyl sites for hydroxylation is 1. The maximum atomic E-state index is 11.7. The molecule has 1 N–H and O–H groups in total. The summed E-state index contributed by atoms with van der Waals surface area (Å²) in [7, 11) is 0. The number of alkyl halides is 3. The fraction of sp³-hybridized carbons (Fsp3) is 0.571. The highest BCUT2D eigenvalue weighted by Crippen LogP contribution is 2.21. The van der Waals surface area contributed by atoms with Crippen molar-refractivity contribution in [1.29, 1.82) is 0 Å². The molecule has 0 atom stereocenters. The Hall–Kier alpha value is -1.20. The van der Waals surface area contributed by atoms with Gasteiger partial charge in [0.05, 0.1) is 12.4 Å². The Morgan fingerprint density at radius 1 is 1.46 bits per heavy atom. The van der Waals surface area contributed by atoms with Crippen LogP contribution in [0, 0.1) is 0 Å². The first-order valence-corrected chi connectivity index (χ1v) is 3.75. The van der Waals surface area contributed by atoms with Gasteiger partial charge in [0.25, 0.3) is 0 Å². The lowest BCUT2D eigenvalue weighted by Crippen LogP contribution is -2.09. The third kappa shape index (κ3) is 3.82. The van der Waals surface area contributed by atoms with Crippen LogP contribution in [0.1, 0.15) is 12.8 Å². The molecule has 0 aliphatic heterocycles. The summed E-state index contributed by atoms with van der Waals surface area (Å²) in [6, 6.07) is 0. The van der Waals surface area contributed by atoms with Gasteiger partial charge >= 0.3 is 6.18 Å². The van der Waals surface area contributed by atoms with E-state index in [-0.39, 0.29) is 18.7 Å². The van der Waals surface area contributed by atoms with E-state index in [1.54, 1.807) is 0 Å². The van der Waals surface area contributed by atoms with Crippen molar-refractivity contribution in [3.8, 4) is 5.75 Å². The molecule has 1 aromatic heterocycles. The zero-order valence-electron chi connectivity index (χ0n) is 6.75. The summed E-state index contributed by atoms with van der Waals surface area (Å²) in [6.07, 6.45) is -2.49. The quantitative estimate of drug-likeness (QED) is 0.798. The van der Waals surface area contributed by atoms with Gasteiger partial charge in [-0.25, -0.2) is 0 Å². The molecule has 0 spiro atoms. The summed E-state index contributed by atoms with van der Waals surface area (Å²) in [6.45, 7) is 0.167. The molecule has 0 aromatic carbocycles. The van der Waals surface area contributed by atoms with Crippen LogP contribution in [0.5, 0.6) is 5.75 Å². The van der Waals surface area contributed by atoms with Crippen molar-refractivity contribution >= 4 is 0 Å². The van der Waals surface area contributed by atoms with E-state index in [0.29, 0.717) is 0 Å². The third-order valence-corrected chi connectivity index (χ3v) is 1.47. The van der Waals surface area contributed by atoms with Gasteiger partial charge in [-0.1, -0.05) is 0 Å². The molecule has 1 heterocycles. The highest BCUT2D eigenvalue weighted by atomic mass is 19.4. The van der Waals surface area contributed by atoms with Crippen LogP contribution < -0.4 is 0 Å². The normalized spacial score (nSPS) is 11.9. The van der Waals surface area contributed by atoms with Crippen LogP contribution in [0.15, 0.2) is 12.4 Å². The molecule has 0 saturated carbocycles. The minimum absolute atomic E-state index is 0.0232. The van der Waals surface area contributed by atoms with Gasteiger partial charge in [0, 0.05) is 13.0 Å². The topological polar surface area (TPSA) is 38.1 Å². The van der Waals surface area contributed by atoms with Crippen LogP contribution in [-0.4, -0.2) is 21.1 Å². The van der Waals surface area contributed by atoms with Crippen molar-refractivity contribution in [1.82, 2.24) is 9.78 Å². The highest BCUT2D eigenvalue weighted by Gasteiger charge is 2.25. The molecule has 0 fully saturated rings. The first kappa shape index (κ1) is 9.88. The van der Waals surface area contributed by atoms with Gasteiger partial charge in [0.15, 0.2) is 5.75 Å². The monoisotopic (exact) mass is 194 g/mol. The fourth-order valence-corrected chi connectivity index (χ4v) is 0.916. The molecule has 0 radical (unpaired) electrons. The van der Waals surface area contributed by atoms with E-state index in [9.17, 15) is 13.2 Å². The molecular formula is C7H9F3N2O. The van der Waals surface area contributed by atoms with E-state index in [1.165, 1.54) is 17.1 Å². The van der Waals surface area contributed by atoms with Crippen molar-refractivity contribution < 1.29 is 18.3 Å². The lowest BCUT2D eigenvalue weighted by Gasteiger charge is -2.05. The van der Waals surface area contributed by atoms with E-state index in [2.05, 4.69) is 5.10 Å². The molecule has 1 aromatic rings. The molecule has 6 heteroatoms. The number of nitrogens with zero attached hydrogens (tertiary/aromatic N) is 2. The Bertz CT molecular complexity index is 269. The van der Waals surface area contributed by atoms with Crippen LogP contribution in [0.2, 0.25) is 0 Å². The summed E-state index contributed by atoms with van der Waals surface area (Å²) < 4.78 is 36.3. The standard InChI is InChI=1S/C7H9F3N2O/c8-7(9,10)2-1-3-12-5-6(13)4-11-12/h4-5,13H,1-3H2. The molecule has 1 rings (SSSR count). The second kappa shape index (κ2) is 3.68. The Kier molecular flexibility index (Phi) is 2.79. The van der Waals surface area contributed by atoms with Gasteiger partial charge in [0.2, 0.25) is 0 Å². The van der Waals surface area contributed by atoms with E-state index >= 15 is 0 Å². The number of rotatable bonds is 3. The van der Waals surface area contributed by atoms with E-state index in [1.807, 2.05) is 0 Å². The second-order valence-corrected chi connectivity index (χ2v) is 2.68. The minimum atomic E-state index is -4.12. The predicted octanol–water partition coefficient (Wildman–Crippen LogP) is 1.93. The average molecular weight is 194 g/mol. The van der Waals surface area contributed by atoms with Crippen molar-refractivity contribution in [2.24, 2.45) is 0 Å². The maximum absolute atomic E-state index is 11.7. The van der Waals surface area contributed by atoms with E-state index in [4.69, 9.17) is 5.11 Å². The SMILES string of the molecule is Oc1cnn(CCCC(F)(F)F)c1. The summed E-state index contributed by atoms with van der Waals surface area (Å²) >= 11 is 0. The second-order valence-electron chi connectivity index (χ2n) is 2.68. The van der Waals surface area contributed by atoms with E-state index in [0.717, 1.165) is 0 Å². The molecule has 0 aliphatic carbocycles. The lowest BCUT2D eigenvalue weighted by molar-refractivity contribution is -0.136. The van der Waals surface area contributed by atoms with Crippen LogP contribution in [-0.2, 0) is 6.54 Å². The van der Waals surface area contributed by atoms with Gasteiger partial charge in [-0.05, 0) is 6.42 Å². The van der Waals surface area contributed by atoms with Crippen LogP contribution in [0.4, 0.5) is 13.2 Å². The van der Waals surface area contributed by atoms with Crippen molar-refractivity contribution in [2.45, 2.75) is 25.6 Å². The van der Waals surface area contributed by atoms with Gasteiger partial charge < -0.3 is 5.11 Å². The first-order valence-electron chi connectivity index (χ1n) is 3.75. The smallest absolute Gasteiger partial charge is 0.389 e. The molecule has 3 nitrogen and oxygen atoms in total. The molecule has 0 unspecified atom stereocenters. The Balaban J connectivity index is 2.28. The lowest BCUT2D eigenvalue weighted by atomic mass is 10.3. The number of halogens is 3. The van der Waals surface area contributed by atoms with E-state index < -0.39 is 12.6 Å². The van der Waals surface area contributed by atoms with Crippen LogP contribution >= 0.6 is 0 Å². The Morgan fingerprint density at radius 2 is 2.15 bits per heavy atom. The molecule has 0 aliphatic rings. The first-order chi connectivity index (χ1) is 5.97. The minimum Gasteiger partial charge on any atom is -0.505 e. The molecule has 0 saturated heterocycles. The van der Waals surface area contributed by atoms with Crippen molar-refractivity contribution in [2.75, 3.05) is 0 Å². The zero-order chi connectivity index (χ0) is 9.90. The molecule has 74 valence electrons. The Labute approximate surface area is 72.8 Å². The molecule has 13 heavy (non-hydrogen) atoms. The number of hydrogen-bond donors (Lipinski definition) is 1. The summed E-state index contributed by atoms with van der Waals surface area (Å²) in [5, 5.41) is 12.4. The van der Waals surface area contributed by atoms with Gasteiger partial charge in [-0.15, -0.1) is 0 Å². The van der Waals surface area contributed by atoms with Crippen molar-refractivity contribution in [3.05, 3.63) is 12.4 Å².